The highest BCUT2D eigenvalue weighted by Crippen LogP contribution is 2.27. The minimum Gasteiger partial charge on any atom is -0.474 e. The third kappa shape index (κ3) is 1.82. The average molecular weight is 205 g/mol. The van der Waals surface area contributed by atoms with Crippen LogP contribution in [-0.4, -0.2) is 15.9 Å². The maximum atomic E-state index is 9.00. The van der Waals surface area contributed by atoms with Crippen molar-refractivity contribution in [2.75, 3.05) is 0 Å². The SMILES string of the molecule is Cc1nn(C)c(OC2CCCC2)c1C#N. The van der Waals surface area contributed by atoms with Crippen LogP contribution in [0.3, 0.4) is 0 Å². The highest BCUT2D eigenvalue weighted by molar-refractivity contribution is 5.42. The molecular formula is C11H15N3O. The van der Waals surface area contributed by atoms with Gasteiger partial charge in [0.25, 0.3) is 0 Å². The quantitative estimate of drug-likeness (QED) is 0.741. The van der Waals surface area contributed by atoms with E-state index < -0.39 is 0 Å². The number of hydrogen-bond acceptors (Lipinski definition) is 3. The first kappa shape index (κ1) is 10.0. The summed E-state index contributed by atoms with van der Waals surface area (Å²) in [4.78, 5) is 0. The average Bonchev–Trinajstić information content (AvgIpc) is 2.77. The van der Waals surface area contributed by atoms with Gasteiger partial charge >= 0.3 is 0 Å². The van der Waals surface area contributed by atoms with Gasteiger partial charge in [0, 0.05) is 7.05 Å². The fourth-order valence-corrected chi connectivity index (χ4v) is 2.06. The number of nitriles is 1. The van der Waals surface area contributed by atoms with Gasteiger partial charge < -0.3 is 4.74 Å². The Hall–Kier alpha value is -1.50. The normalized spacial score (nSPS) is 16.6. The van der Waals surface area contributed by atoms with E-state index in [0.717, 1.165) is 18.5 Å². The number of aryl methyl sites for hydroxylation is 2. The maximum absolute atomic E-state index is 9.00. The van der Waals surface area contributed by atoms with Gasteiger partial charge in [0.1, 0.15) is 17.7 Å². The van der Waals surface area contributed by atoms with Crippen molar-refractivity contribution in [3.63, 3.8) is 0 Å². The Morgan fingerprint density at radius 3 is 2.73 bits per heavy atom. The molecule has 1 heterocycles. The fraction of sp³-hybridized carbons (Fsp3) is 0.636. The second kappa shape index (κ2) is 3.93. The van der Waals surface area contributed by atoms with Crippen molar-refractivity contribution in [3.05, 3.63) is 11.3 Å². The van der Waals surface area contributed by atoms with E-state index >= 15 is 0 Å². The summed E-state index contributed by atoms with van der Waals surface area (Å²) in [6.45, 7) is 1.83. The smallest absolute Gasteiger partial charge is 0.230 e. The molecule has 1 saturated carbocycles. The van der Waals surface area contributed by atoms with Gasteiger partial charge in [0.05, 0.1) is 5.69 Å². The van der Waals surface area contributed by atoms with Crippen LogP contribution in [0.1, 0.15) is 36.9 Å². The molecule has 4 nitrogen and oxygen atoms in total. The highest BCUT2D eigenvalue weighted by atomic mass is 16.5. The van der Waals surface area contributed by atoms with Gasteiger partial charge in [0.15, 0.2) is 0 Å². The van der Waals surface area contributed by atoms with Crippen molar-refractivity contribution in [2.24, 2.45) is 7.05 Å². The molecule has 1 aliphatic carbocycles. The van der Waals surface area contributed by atoms with Crippen molar-refractivity contribution >= 4 is 0 Å². The van der Waals surface area contributed by atoms with Gasteiger partial charge in [-0.15, -0.1) is 0 Å². The van der Waals surface area contributed by atoms with E-state index in [0.29, 0.717) is 11.4 Å². The van der Waals surface area contributed by atoms with E-state index in [9.17, 15) is 0 Å². The van der Waals surface area contributed by atoms with Crippen molar-refractivity contribution in [1.29, 1.82) is 5.26 Å². The molecule has 0 N–H and O–H groups in total. The summed E-state index contributed by atoms with van der Waals surface area (Å²) in [6.07, 6.45) is 4.91. The Labute approximate surface area is 89.5 Å². The molecule has 0 aliphatic heterocycles. The van der Waals surface area contributed by atoms with Crippen LogP contribution in [-0.2, 0) is 7.05 Å². The van der Waals surface area contributed by atoms with Crippen LogP contribution in [0, 0.1) is 18.3 Å². The minimum absolute atomic E-state index is 0.270. The zero-order chi connectivity index (χ0) is 10.8. The van der Waals surface area contributed by atoms with Crippen molar-refractivity contribution in [2.45, 2.75) is 38.7 Å². The summed E-state index contributed by atoms with van der Waals surface area (Å²) >= 11 is 0. The molecule has 1 aromatic heterocycles. The fourth-order valence-electron chi connectivity index (χ4n) is 2.06. The van der Waals surface area contributed by atoms with Gasteiger partial charge in [-0.3, -0.25) is 0 Å². The number of ether oxygens (including phenoxy) is 1. The Kier molecular flexibility index (Phi) is 2.63. The molecule has 0 saturated heterocycles. The monoisotopic (exact) mass is 205 g/mol. The third-order valence-electron chi connectivity index (χ3n) is 2.86. The number of aromatic nitrogens is 2. The van der Waals surface area contributed by atoms with E-state index in [4.69, 9.17) is 10.00 Å². The van der Waals surface area contributed by atoms with Crippen LogP contribution >= 0.6 is 0 Å². The molecular weight excluding hydrogens is 190 g/mol. The van der Waals surface area contributed by atoms with E-state index in [1.54, 1.807) is 4.68 Å². The zero-order valence-corrected chi connectivity index (χ0v) is 9.16. The van der Waals surface area contributed by atoms with E-state index in [-0.39, 0.29) is 6.10 Å². The third-order valence-corrected chi connectivity index (χ3v) is 2.86. The van der Waals surface area contributed by atoms with Gasteiger partial charge in [0.2, 0.25) is 5.88 Å². The minimum atomic E-state index is 0.270. The summed E-state index contributed by atoms with van der Waals surface area (Å²) in [5, 5.41) is 13.2. The topological polar surface area (TPSA) is 50.8 Å². The maximum Gasteiger partial charge on any atom is 0.230 e. The highest BCUT2D eigenvalue weighted by Gasteiger charge is 2.21. The second-order valence-corrected chi connectivity index (χ2v) is 4.03. The molecule has 80 valence electrons. The number of rotatable bonds is 2. The first-order valence-electron chi connectivity index (χ1n) is 5.32. The molecule has 0 atom stereocenters. The predicted molar refractivity (Wildman–Crippen MR) is 55.5 cm³/mol. The Balaban J connectivity index is 2.23. The zero-order valence-electron chi connectivity index (χ0n) is 9.16. The first-order chi connectivity index (χ1) is 7.22. The Morgan fingerprint density at radius 2 is 2.13 bits per heavy atom. The molecule has 1 fully saturated rings. The molecule has 0 amide bonds. The van der Waals surface area contributed by atoms with Crippen LogP contribution in [0.5, 0.6) is 5.88 Å². The van der Waals surface area contributed by atoms with Crippen LogP contribution in [0.4, 0.5) is 0 Å². The van der Waals surface area contributed by atoms with E-state index in [1.807, 2.05) is 14.0 Å². The first-order valence-corrected chi connectivity index (χ1v) is 5.32. The van der Waals surface area contributed by atoms with E-state index in [1.165, 1.54) is 12.8 Å². The van der Waals surface area contributed by atoms with E-state index in [2.05, 4.69) is 11.2 Å². The lowest BCUT2D eigenvalue weighted by Crippen LogP contribution is -2.14. The van der Waals surface area contributed by atoms with Crippen molar-refractivity contribution in [3.8, 4) is 11.9 Å². The molecule has 2 rings (SSSR count). The van der Waals surface area contributed by atoms with Gasteiger partial charge in [-0.05, 0) is 32.6 Å². The predicted octanol–water partition coefficient (Wildman–Crippen LogP) is 1.92. The standard InChI is InChI=1S/C11H15N3O/c1-8-10(7-12)11(14(2)13-8)15-9-5-3-4-6-9/h9H,3-6H2,1-2H3. The molecule has 0 unspecified atom stereocenters. The lowest BCUT2D eigenvalue weighted by Gasteiger charge is -2.12. The van der Waals surface area contributed by atoms with Gasteiger partial charge in [-0.2, -0.15) is 10.4 Å². The Morgan fingerprint density at radius 1 is 1.47 bits per heavy atom. The van der Waals surface area contributed by atoms with Crippen LogP contribution in [0.15, 0.2) is 0 Å². The second-order valence-electron chi connectivity index (χ2n) is 4.03. The molecule has 0 spiro atoms. The number of nitrogens with zero attached hydrogens (tertiary/aromatic N) is 3. The summed E-state index contributed by atoms with van der Waals surface area (Å²) < 4.78 is 7.49. The molecule has 15 heavy (non-hydrogen) atoms. The molecule has 1 aromatic rings. The van der Waals surface area contributed by atoms with Crippen molar-refractivity contribution < 1.29 is 4.74 Å². The van der Waals surface area contributed by atoms with Gasteiger partial charge in [-0.1, -0.05) is 0 Å². The summed E-state index contributed by atoms with van der Waals surface area (Å²) in [5.41, 5.74) is 1.32. The van der Waals surface area contributed by atoms with Crippen LogP contribution < -0.4 is 4.74 Å². The lowest BCUT2D eigenvalue weighted by atomic mass is 10.2. The molecule has 0 bridgehead atoms. The molecule has 0 aromatic carbocycles. The van der Waals surface area contributed by atoms with Crippen LogP contribution in [0.2, 0.25) is 0 Å². The lowest BCUT2D eigenvalue weighted by molar-refractivity contribution is 0.191. The van der Waals surface area contributed by atoms with Crippen molar-refractivity contribution in [1.82, 2.24) is 9.78 Å². The molecule has 4 heteroatoms. The van der Waals surface area contributed by atoms with Crippen LogP contribution in [0.25, 0.3) is 0 Å². The molecule has 0 radical (unpaired) electrons. The summed E-state index contributed by atoms with van der Waals surface area (Å²) in [7, 11) is 1.82. The Bertz CT molecular complexity index is 397. The summed E-state index contributed by atoms with van der Waals surface area (Å²) in [6, 6.07) is 2.15. The summed E-state index contributed by atoms with van der Waals surface area (Å²) in [5.74, 6) is 0.627. The number of hydrogen-bond donors (Lipinski definition) is 0. The van der Waals surface area contributed by atoms with Gasteiger partial charge in [-0.25, -0.2) is 4.68 Å². The molecule has 1 aliphatic rings. The largest absolute Gasteiger partial charge is 0.474 e.